The van der Waals surface area contributed by atoms with E-state index in [0.717, 1.165) is 6.07 Å². The molecule has 0 radical (unpaired) electrons. The van der Waals surface area contributed by atoms with Gasteiger partial charge in [0.25, 0.3) is 5.91 Å². The van der Waals surface area contributed by atoms with E-state index in [1.807, 2.05) is 0 Å². The Morgan fingerprint density at radius 3 is 2.86 bits per heavy atom. The van der Waals surface area contributed by atoms with E-state index in [4.69, 9.17) is 4.74 Å². The summed E-state index contributed by atoms with van der Waals surface area (Å²) in [6.07, 6.45) is 2.94. The molecule has 8 heteroatoms. The number of benzene rings is 1. The van der Waals surface area contributed by atoms with E-state index in [2.05, 4.69) is 15.7 Å². The third kappa shape index (κ3) is 3.60. The van der Waals surface area contributed by atoms with Crippen LogP contribution in [0.4, 0.5) is 10.1 Å². The van der Waals surface area contributed by atoms with Crippen LogP contribution in [0, 0.1) is 5.82 Å². The number of nitrogens with zero attached hydrogens (tertiary/aromatic N) is 2. The maximum Gasteiger partial charge on any atom is 0.255 e. The van der Waals surface area contributed by atoms with Gasteiger partial charge in [0.15, 0.2) is 11.6 Å². The first-order chi connectivity index (χ1) is 10.5. The Bertz CT molecular complexity index is 699. The Kier molecular flexibility index (Phi) is 4.72. The second-order valence-electron chi connectivity index (χ2n) is 4.40. The number of carbonyl (C=O) groups is 2. The van der Waals surface area contributed by atoms with Crippen molar-refractivity contribution in [1.82, 2.24) is 15.1 Å². The lowest BCUT2D eigenvalue weighted by molar-refractivity contribution is -0.121. The van der Waals surface area contributed by atoms with E-state index in [0.29, 0.717) is 5.69 Å². The lowest BCUT2D eigenvalue weighted by Crippen LogP contribution is -2.23. The maximum atomic E-state index is 13.3. The highest BCUT2D eigenvalue weighted by atomic mass is 19.1. The fourth-order valence-electron chi connectivity index (χ4n) is 1.75. The molecule has 0 spiro atoms. The summed E-state index contributed by atoms with van der Waals surface area (Å²) in [6, 6.07) is 3.81. The highest BCUT2D eigenvalue weighted by Crippen LogP contribution is 2.19. The number of halogens is 1. The highest BCUT2D eigenvalue weighted by molar-refractivity contribution is 6.04. The van der Waals surface area contributed by atoms with Crippen molar-refractivity contribution in [2.24, 2.45) is 0 Å². The van der Waals surface area contributed by atoms with Crippen molar-refractivity contribution in [3.63, 3.8) is 0 Å². The molecular weight excluding hydrogens is 291 g/mol. The Morgan fingerprint density at radius 2 is 2.18 bits per heavy atom. The largest absolute Gasteiger partial charge is 0.494 e. The van der Waals surface area contributed by atoms with Gasteiger partial charge in [-0.1, -0.05) is 0 Å². The minimum Gasteiger partial charge on any atom is -0.494 e. The summed E-state index contributed by atoms with van der Waals surface area (Å²) in [5.74, 6) is -1.19. The van der Waals surface area contributed by atoms with E-state index in [-0.39, 0.29) is 23.8 Å². The number of anilines is 1. The first-order valence-corrected chi connectivity index (χ1v) is 6.41. The van der Waals surface area contributed by atoms with Gasteiger partial charge < -0.3 is 15.4 Å². The van der Waals surface area contributed by atoms with Crippen LogP contribution in [0.1, 0.15) is 10.4 Å². The summed E-state index contributed by atoms with van der Waals surface area (Å²) in [6.45, 7) is 0.0523. The van der Waals surface area contributed by atoms with E-state index in [1.165, 1.54) is 43.4 Å². The Morgan fingerprint density at radius 1 is 1.41 bits per heavy atom. The Balaban J connectivity index is 2.07. The molecule has 116 valence electrons. The lowest BCUT2D eigenvalue weighted by atomic mass is 10.2. The molecule has 1 heterocycles. The molecule has 0 unspecified atom stereocenters. The van der Waals surface area contributed by atoms with Crippen LogP contribution in [-0.4, -0.2) is 35.8 Å². The number of carbonyl (C=O) groups excluding carboxylic acids is 2. The minimum absolute atomic E-state index is 0.0111. The SMILES string of the molecule is CNC(=O)Cn1cc(NC(=O)c2ccc(F)c(OC)c2)cn1. The molecule has 0 aliphatic rings. The van der Waals surface area contributed by atoms with Crippen LogP contribution >= 0.6 is 0 Å². The van der Waals surface area contributed by atoms with Crippen molar-refractivity contribution in [3.05, 3.63) is 42.0 Å². The molecule has 0 fully saturated rings. The molecule has 22 heavy (non-hydrogen) atoms. The van der Waals surface area contributed by atoms with Crippen LogP contribution < -0.4 is 15.4 Å². The Hall–Kier alpha value is -2.90. The number of rotatable bonds is 5. The van der Waals surface area contributed by atoms with E-state index in [9.17, 15) is 14.0 Å². The van der Waals surface area contributed by atoms with Gasteiger partial charge in [-0.05, 0) is 18.2 Å². The number of hydrogen-bond donors (Lipinski definition) is 2. The number of hydrogen-bond acceptors (Lipinski definition) is 4. The van der Waals surface area contributed by atoms with Gasteiger partial charge in [0.2, 0.25) is 5.91 Å². The summed E-state index contributed by atoms with van der Waals surface area (Å²) in [4.78, 5) is 23.3. The van der Waals surface area contributed by atoms with Crippen LogP contribution in [0.5, 0.6) is 5.75 Å². The van der Waals surface area contributed by atoms with Crippen LogP contribution in [0.25, 0.3) is 0 Å². The van der Waals surface area contributed by atoms with E-state index >= 15 is 0 Å². The number of nitrogens with one attached hydrogen (secondary N) is 2. The average Bonchev–Trinajstić information content (AvgIpc) is 2.94. The van der Waals surface area contributed by atoms with Crippen molar-refractivity contribution in [3.8, 4) is 5.75 Å². The molecule has 0 saturated heterocycles. The number of methoxy groups -OCH3 is 1. The van der Waals surface area contributed by atoms with Gasteiger partial charge in [-0.2, -0.15) is 5.10 Å². The van der Waals surface area contributed by atoms with Crippen molar-refractivity contribution in [2.75, 3.05) is 19.5 Å². The van der Waals surface area contributed by atoms with Crippen LogP contribution in [0.2, 0.25) is 0 Å². The van der Waals surface area contributed by atoms with Crippen LogP contribution in [-0.2, 0) is 11.3 Å². The number of aromatic nitrogens is 2. The summed E-state index contributed by atoms with van der Waals surface area (Å²) >= 11 is 0. The molecule has 0 atom stereocenters. The van der Waals surface area contributed by atoms with Gasteiger partial charge in [0, 0.05) is 18.8 Å². The fraction of sp³-hybridized carbons (Fsp3) is 0.214. The minimum atomic E-state index is -0.544. The Labute approximate surface area is 126 Å². The summed E-state index contributed by atoms with van der Waals surface area (Å²) in [5.41, 5.74) is 0.675. The second-order valence-corrected chi connectivity index (χ2v) is 4.40. The lowest BCUT2D eigenvalue weighted by Gasteiger charge is -2.06. The standard InChI is InChI=1S/C14H15FN4O3/c1-16-13(20)8-19-7-10(6-17-19)18-14(21)9-3-4-11(15)12(5-9)22-2/h3-7H,8H2,1-2H3,(H,16,20)(H,18,21). The zero-order chi connectivity index (χ0) is 16.1. The summed E-state index contributed by atoms with van der Waals surface area (Å²) in [5, 5.41) is 9.03. The van der Waals surface area contributed by atoms with Crippen LogP contribution in [0.3, 0.4) is 0 Å². The molecule has 0 saturated carbocycles. The monoisotopic (exact) mass is 306 g/mol. The van der Waals surface area contributed by atoms with Gasteiger partial charge in [-0.3, -0.25) is 14.3 Å². The molecule has 1 aromatic heterocycles. The molecule has 2 aromatic rings. The third-order valence-electron chi connectivity index (χ3n) is 2.89. The molecule has 1 aromatic carbocycles. The number of likely N-dealkylation sites (N-methyl/N-ethyl adjacent to an activating group) is 1. The molecule has 0 aliphatic carbocycles. The molecule has 7 nitrogen and oxygen atoms in total. The molecule has 0 aliphatic heterocycles. The molecule has 2 N–H and O–H groups in total. The normalized spacial score (nSPS) is 10.1. The summed E-state index contributed by atoms with van der Waals surface area (Å²) in [7, 11) is 2.85. The van der Waals surface area contributed by atoms with Crippen LogP contribution in [0.15, 0.2) is 30.6 Å². The number of amides is 2. The predicted octanol–water partition coefficient (Wildman–Crippen LogP) is 1.03. The van der Waals surface area contributed by atoms with Gasteiger partial charge in [0.05, 0.1) is 19.0 Å². The van der Waals surface area contributed by atoms with Gasteiger partial charge in [-0.15, -0.1) is 0 Å². The van der Waals surface area contributed by atoms with Gasteiger partial charge in [0.1, 0.15) is 6.54 Å². The first kappa shape index (κ1) is 15.5. The quantitative estimate of drug-likeness (QED) is 0.864. The van der Waals surface area contributed by atoms with E-state index in [1.54, 1.807) is 0 Å². The zero-order valence-corrected chi connectivity index (χ0v) is 12.1. The van der Waals surface area contributed by atoms with Crippen molar-refractivity contribution in [2.45, 2.75) is 6.54 Å². The smallest absolute Gasteiger partial charge is 0.255 e. The van der Waals surface area contributed by atoms with Crippen molar-refractivity contribution in [1.29, 1.82) is 0 Å². The summed E-state index contributed by atoms with van der Waals surface area (Å²) < 4.78 is 19.5. The predicted molar refractivity (Wildman–Crippen MR) is 77.2 cm³/mol. The van der Waals surface area contributed by atoms with Gasteiger partial charge >= 0.3 is 0 Å². The number of ether oxygens (including phenoxy) is 1. The van der Waals surface area contributed by atoms with Crippen molar-refractivity contribution < 1.29 is 18.7 Å². The highest BCUT2D eigenvalue weighted by Gasteiger charge is 2.11. The first-order valence-electron chi connectivity index (χ1n) is 6.41. The van der Waals surface area contributed by atoms with E-state index < -0.39 is 11.7 Å². The zero-order valence-electron chi connectivity index (χ0n) is 12.1. The molecule has 0 bridgehead atoms. The topological polar surface area (TPSA) is 85.2 Å². The van der Waals surface area contributed by atoms with Crippen molar-refractivity contribution >= 4 is 17.5 Å². The molecular formula is C14H15FN4O3. The van der Waals surface area contributed by atoms with Gasteiger partial charge in [-0.25, -0.2) is 4.39 Å². The molecule has 2 rings (SSSR count). The maximum absolute atomic E-state index is 13.3. The third-order valence-corrected chi connectivity index (χ3v) is 2.89. The fourth-order valence-corrected chi connectivity index (χ4v) is 1.75. The molecule has 2 amide bonds. The average molecular weight is 306 g/mol. The second kappa shape index (κ2) is 6.70.